The van der Waals surface area contributed by atoms with Crippen LogP contribution in [0.2, 0.25) is 0 Å². The highest BCUT2D eigenvalue weighted by Gasteiger charge is 2.38. The number of nitrogens with zero attached hydrogens (tertiary/aromatic N) is 1. The zero-order valence-electron chi connectivity index (χ0n) is 26.4. The number of ether oxygens (including phenoxy) is 2. The highest BCUT2D eigenvalue weighted by Crippen LogP contribution is 2.26. The minimum atomic E-state index is -1.47. The number of carbonyl (C=O) groups is 5. The standard InChI is InChI=1S/C32H44N4O8/c1-8-36(28(40)23(19-25(33)38)35-30(42)44-32(5,6)7)26(21-15-12-16-22(37)18-21)27(39)34-24(29(41)43-31(2,3)4)17-20-13-10-9-11-14-20/h9-16,18,23-24,26,37H,8,17,19H2,1-7H3,(H2,33,38)(H,34,39)(H,35,42). The second-order valence-corrected chi connectivity index (χ2v) is 12.3. The molecule has 44 heavy (non-hydrogen) atoms. The largest absolute Gasteiger partial charge is 0.508 e. The summed E-state index contributed by atoms with van der Waals surface area (Å²) in [6.45, 7) is 11.6. The molecule has 240 valence electrons. The maximum atomic E-state index is 14.1. The molecule has 0 aliphatic rings. The van der Waals surface area contributed by atoms with E-state index in [2.05, 4.69) is 10.6 Å². The number of esters is 1. The highest BCUT2D eigenvalue weighted by atomic mass is 16.6. The Kier molecular flexibility index (Phi) is 12.3. The average Bonchev–Trinajstić information content (AvgIpc) is 2.88. The van der Waals surface area contributed by atoms with Gasteiger partial charge in [0.25, 0.3) is 0 Å². The summed E-state index contributed by atoms with van der Waals surface area (Å²) in [5.74, 6) is -3.29. The molecule has 0 radical (unpaired) electrons. The zero-order valence-corrected chi connectivity index (χ0v) is 26.4. The smallest absolute Gasteiger partial charge is 0.408 e. The van der Waals surface area contributed by atoms with Crippen LogP contribution in [0.25, 0.3) is 0 Å². The van der Waals surface area contributed by atoms with Crippen molar-refractivity contribution >= 4 is 29.8 Å². The molecule has 4 amide bonds. The third kappa shape index (κ3) is 11.6. The van der Waals surface area contributed by atoms with Gasteiger partial charge < -0.3 is 35.8 Å². The fourth-order valence-electron chi connectivity index (χ4n) is 4.35. The molecule has 0 saturated heterocycles. The number of benzene rings is 2. The van der Waals surface area contributed by atoms with E-state index in [0.717, 1.165) is 10.5 Å². The van der Waals surface area contributed by atoms with Gasteiger partial charge in [-0.05, 0) is 71.7 Å². The number of amides is 4. The second-order valence-electron chi connectivity index (χ2n) is 12.3. The third-order valence-corrected chi connectivity index (χ3v) is 6.05. The maximum Gasteiger partial charge on any atom is 0.408 e. The number of carbonyl (C=O) groups excluding carboxylic acids is 5. The lowest BCUT2D eigenvalue weighted by atomic mass is 10.00. The molecule has 3 unspecified atom stereocenters. The molecule has 2 rings (SSSR count). The number of phenols is 1. The van der Waals surface area contributed by atoms with E-state index in [1.807, 2.05) is 6.07 Å². The second kappa shape index (κ2) is 15.2. The van der Waals surface area contributed by atoms with Crippen LogP contribution >= 0.6 is 0 Å². The number of hydrogen-bond donors (Lipinski definition) is 4. The summed E-state index contributed by atoms with van der Waals surface area (Å²) in [5, 5.41) is 15.4. The average molecular weight is 613 g/mol. The van der Waals surface area contributed by atoms with E-state index < -0.39 is 65.5 Å². The van der Waals surface area contributed by atoms with E-state index in [9.17, 15) is 29.1 Å². The third-order valence-electron chi connectivity index (χ3n) is 6.05. The SMILES string of the molecule is CCN(C(=O)C(CC(N)=O)NC(=O)OC(C)(C)C)C(C(=O)NC(Cc1ccccc1)C(=O)OC(C)(C)C)c1cccc(O)c1. The van der Waals surface area contributed by atoms with Gasteiger partial charge in [0.1, 0.15) is 35.1 Å². The van der Waals surface area contributed by atoms with Gasteiger partial charge in [-0.1, -0.05) is 42.5 Å². The summed E-state index contributed by atoms with van der Waals surface area (Å²) in [5.41, 5.74) is 4.63. The number of hydrogen-bond acceptors (Lipinski definition) is 8. The van der Waals surface area contributed by atoms with Crippen LogP contribution < -0.4 is 16.4 Å². The first-order chi connectivity index (χ1) is 20.4. The number of aromatic hydroxyl groups is 1. The van der Waals surface area contributed by atoms with Gasteiger partial charge in [-0.25, -0.2) is 9.59 Å². The predicted molar refractivity (Wildman–Crippen MR) is 163 cm³/mol. The molecule has 0 bridgehead atoms. The van der Waals surface area contributed by atoms with E-state index in [1.54, 1.807) is 72.7 Å². The minimum Gasteiger partial charge on any atom is -0.508 e. The van der Waals surface area contributed by atoms with Crippen LogP contribution in [0.3, 0.4) is 0 Å². The first kappa shape index (κ1) is 35.6. The van der Waals surface area contributed by atoms with Gasteiger partial charge in [0.15, 0.2) is 0 Å². The lowest BCUT2D eigenvalue weighted by Gasteiger charge is -2.34. The van der Waals surface area contributed by atoms with Gasteiger partial charge in [-0.2, -0.15) is 0 Å². The van der Waals surface area contributed by atoms with Crippen molar-refractivity contribution in [1.82, 2.24) is 15.5 Å². The molecule has 2 aromatic carbocycles. The topological polar surface area (TPSA) is 177 Å². The normalized spacial score (nSPS) is 13.5. The Bertz CT molecular complexity index is 1320. The van der Waals surface area contributed by atoms with Crippen LogP contribution in [0, 0.1) is 0 Å². The van der Waals surface area contributed by atoms with Crippen molar-refractivity contribution in [2.75, 3.05) is 6.54 Å². The van der Waals surface area contributed by atoms with Crippen molar-refractivity contribution in [2.45, 2.75) is 90.6 Å². The summed E-state index contributed by atoms with van der Waals surface area (Å²) < 4.78 is 10.9. The zero-order chi connectivity index (χ0) is 33.2. The van der Waals surface area contributed by atoms with Crippen LogP contribution in [0.1, 0.15) is 72.1 Å². The first-order valence-corrected chi connectivity index (χ1v) is 14.3. The Morgan fingerprint density at radius 2 is 1.48 bits per heavy atom. The van der Waals surface area contributed by atoms with E-state index in [4.69, 9.17) is 15.2 Å². The van der Waals surface area contributed by atoms with Crippen molar-refractivity contribution < 1.29 is 38.6 Å². The number of likely N-dealkylation sites (N-methyl/N-ethyl adjacent to an activating group) is 1. The Labute approximate surface area is 258 Å². The van der Waals surface area contributed by atoms with Gasteiger partial charge in [-0.3, -0.25) is 14.4 Å². The molecule has 0 heterocycles. The Balaban J connectivity index is 2.53. The number of phenolic OH excluding ortho intramolecular Hbond substituents is 1. The summed E-state index contributed by atoms with van der Waals surface area (Å²) in [4.78, 5) is 66.9. The molecule has 12 heteroatoms. The van der Waals surface area contributed by atoms with E-state index in [1.165, 1.54) is 24.3 Å². The summed E-state index contributed by atoms with van der Waals surface area (Å²) in [6, 6.07) is 10.8. The van der Waals surface area contributed by atoms with E-state index in [-0.39, 0.29) is 24.3 Å². The predicted octanol–water partition coefficient (Wildman–Crippen LogP) is 3.12. The van der Waals surface area contributed by atoms with Crippen molar-refractivity contribution in [2.24, 2.45) is 5.73 Å². The molecule has 2 aromatic rings. The Morgan fingerprint density at radius 3 is 2.00 bits per heavy atom. The highest BCUT2D eigenvalue weighted by molar-refractivity contribution is 5.95. The number of nitrogens with one attached hydrogen (secondary N) is 2. The van der Waals surface area contributed by atoms with Gasteiger partial charge in [0, 0.05) is 13.0 Å². The van der Waals surface area contributed by atoms with Crippen LogP contribution in [0.15, 0.2) is 54.6 Å². The fraction of sp³-hybridized carbons (Fsp3) is 0.469. The lowest BCUT2D eigenvalue weighted by molar-refractivity contribution is -0.159. The Hall–Kier alpha value is -4.61. The molecule has 12 nitrogen and oxygen atoms in total. The van der Waals surface area contributed by atoms with Gasteiger partial charge >= 0.3 is 12.1 Å². The molecule has 0 spiro atoms. The van der Waals surface area contributed by atoms with Crippen LogP contribution in [-0.4, -0.2) is 69.6 Å². The molecule has 0 aliphatic heterocycles. The fourth-order valence-corrected chi connectivity index (χ4v) is 4.35. The van der Waals surface area contributed by atoms with Gasteiger partial charge in [-0.15, -0.1) is 0 Å². The van der Waals surface area contributed by atoms with Crippen molar-refractivity contribution in [3.63, 3.8) is 0 Å². The minimum absolute atomic E-state index is 0.0619. The van der Waals surface area contributed by atoms with Crippen molar-refractivity contribution in [1.29, 1.82) is 0 Å². The van der Waals surface area contributed by atoms with Crippen LogP contribution in [0.4, 0.5) is 4.79 Å². The summed E-state index contributed by atoms with van der Waals surface area (Å²) in [7, 11) is 0. The van der Waals surface area contributed by atoms with E-state index >= 15 is 0 Å². The van der Waals surface area contributed by atoms with Gasteiger partial charge in [0.05, 0.1) is 6.42 Å². The number of primary amides is 1. The number of rotatable bonds is 12. The molecular weight excluding hydrogens is 568 g/mol. The van der Waals surface area contributed by atoms with Gasteiger partial charge in [0.2, 0.25) is 17.7 Å². The molecule has 0 saturated carbocycles. The molecule has 0 aromatic heterocycles. The van der Waals surface area contributed by atoms with Crippen LogP contribution in [0.5, 0.6) is 5.75 Å². The molecule has 5 N–H and O–H groups in total. The quantitative estimate of drug-likeness (QED) is 0.264. The molecule has 3 atom stereocenters. The van der Waals surface area contributed by atoms with Crippen LogP contribution in [-0.2, 0) is 35.1 Å². The summed E-state index contributed by atoms with van der Waals surface area (Å²) in [6.07, 6.45) is -1.43. The monoisotopic (exact) mass is 612 g/mol. The number of nitrogens with two attached hydrogens (primary N) is 1. The van der Waals surface area contributed by atoms with Crippen molar-refractivity contribution in [3.8, 4) is 5.75 Å². The molecular formula is C32H44N4O8. The summed E-state index contributed by atoms with van der Waals surface area (Å²) >= 11 is 0. The van der Waals surface area contributed by atoms with Crippen molar-refractivity contribution in [3.05, 3.63) is 65.7 Å². The first-order valence-electron chi connectivity index (χ1n) is 14.3. The Morgan fingerprint density at radius 1 is 0.864 bits per heavy atom. The molecule has 0 fully saturated rings. The maximum absolute atomic E-state index is 14.1. The molecule has 0 aliphatic carbocycles. The number of alkyl carbamates (subject to hydrolysis) is 1. The van der Waals surface area contributed by atoms with E-state index in [0.29, 0.717) is 0 Å². The lowest BCUT2D eigenvalue weighted by Crippen LogP contribution is -2.55.